The molecule has 0 bridgehead atoms. The highest BCUT2D eigenvalue weighted by Gasteiger charge is 2.13. The molecule has 0 amide bonds. The van der Waals surface area contributed by atoms with Gasteiger partial charge in [0.05, 0.1) is 0 Å². The predicted octanol–water partition coefficient (Wildman–Crippen LogP) is 3.98. The molecule has 0 atom stereocenters. The van der Waals surface area contributed by atoms with Crippen LogP contribution in [0.15, 0.2) is 66.7 Å². The van der Waals surface area contributed by atoms with Crippen LogP contribution in [-0.2, 0) is 6.54 Å². The Morgan fingerprint density at radius 3 is 2.26 bits per heavy atom. The van der Waals surface area contributed by atoms with Gasteiger partial charge in [-0.05, 0) is 23.1 Å². The van der Waals surface area contributed by atoms with Crippen LogP contribution in [-0.4, -0.2) is 18.0 Å². The van der Waals surface area contributed by atoms with Crippen molar-refractivity contribution in [1.82, 2.24) is 4.90 Å². The lowest BCUT2D eigenvalue weighted by Crippen LogP contribution is -2.28. The Bertz CT molecular complexity index is 542. The first-order chi connectivity index (χ1) is 9.42. The zero-order valence-corrected chi connectivity index (χ0v) is 11.1. The molecule has 3 rings (SSSR count). The van der Waals surface area contributed by atoms with Gasteiger partial charge in [-0.25, -0.2) is 0 Å². The molecule has 2 aromatic rings. The van der Waals surface area contributed by atoms with E-state index in [1.807, 2.05) is 0 Å². The van der Waals surface area contributed by atoms with Gasteiger partial charge in [0.2, 0.25) is 0 Å². The third-order valence-electron chi connectivity index (χ3n) is 3.62. The molecular weight excluding hydrogens is 230 g/mol. The summed E-state index contributed by atoms with van der Waals surface area (Å²) in [5, 5.41) is 0. The smallest absolute Gasteiger partial charge is 0.0240 e. The van der Waals surface area contributed by atoms with Crippen molar-refractivity contribution >= 4 is 5.57 Å². The molecule has 1 aliphatic rings. The van der Waals surface area contributed by atoms with Gasteiger partial charge in [-0.1, -0.05) is 66.7 Å². The van der Waals surface area contributed by atoms with Gasteiger partial charge >= 0.3 is 0 Å². The van der Waals surface area contributed by atoms with Crippen molar-refractivity contribution in [3.05, 3.63) is 77.9 Å². The quantitative estimate of drug-likeness (QED) is 0.795. The summed E-state index contributed by atoms with van der Waals surface area (Å²) in [6.07, 6.45) is 3.54. The highest BCUT2D eigenvalue weighted by molar-refractivity contribution is 5.67. The Hall–Kier alpha value is -1.86. The van der Waals surface area contributed by atoms with Crippen LogP contribution in [0.25, 0.3) is 5.57 Å². The molecule has 0 aromatic heterocycles. The van der Waals surface area contributed by atoms with E-state index < -0.39 is 0 Å². The van der Waals surface area contributed by atoms with Gasteiger partial charge in [-0.2, -0.15) is 0 Å². The molecule has 1 nitrogen and oxygen atoms in total. The minimum Gasteiger partial charge on any atom is -0.295 e. The van der Waals surface area contributed by atoms with Crippen LogP contribution in [0.3, 0.4) is 0 Å². The Morgan fingerprint density at radius 2 is 1.53 bits per heavy atom. The van der Waals surface area contributed by atoms with E-state index in [1.54, 1.807) is 0 Å². The first kappa shape index (κ1) is 12.2. The van der Waals surface area contributed by atoms with Gasteiger partial charge in [-0.3, -0.25) is 4.90 Å². The predicted molar refractivity (Wildman–Crippen MR) is 80.8 cm³/mol. The van der Waals surface area contributed by atoms with Crippen LogP contribution in [0.1, 0.15) is 17.5 Å². The van der Waals surface area contributed by atoms with E-state index >= 15 is 0 Å². The van der Waals surface area contributed by atoms with E-state index in [0.29, 0.717) is 0 Å². The average Bonchev–Trinajstić information content (AvgIpc) is 2.49. The van der Waals surface area contributed by atoms with Gasteiger partial charge in [0.15, 0.2) is 0 Å². The molecular formula is C18H19N. The summed E-state index contributed by atoms with van der Waals surface area (Å²) in [6, 6.07) is 21.5. The topological polar surface area (TPSA) is 3.24 Å². The van der Waals surface area contributed by atoms with E-state index in [9.17, 15) is 0 Å². The van der Waals surface area contributed by atoms with Crippen LogP contribution >= 0.6 is 0 Å². The Morgan fingerprint density at radius 1 is 0.842 bits per heavy atom. The number of benzene rings is 2. The lowest BCUT2D eigenvalue weighted by molar-refractivity contribution is 0.296. The molecule has 0 saturated heterocycles. The summed E-state index contributed by atoms with van der Waals surface area (Å²) in [7, 11) is 0. The van der Waals surface area contributed by atoms with Crippen molar-refractivity contribution in [2.75, 3.05) is 13.1 Å². The molecule has 0 unspecified atom stereocenters. The molecule has 0 saturated carbocycles. The van der Waals surface area contributed by atoms with Gasteiger partial charge in [-0.15, -0.1) is 0 Å². The van der Waals surface area contributed by atoms with Crippen molar-refractivity contribution in [3.8, 4) is 0 Å². The van der Waals surface area contributed by atoms with E-state index in [2.05, 4.69) is 71.6 Å². The summed E-state index contributed by atoms with van der Waals surface area (Å²) in [5.41, 5.74) is 4.22. The Balaban J connectivity index is 1.70. The second kappa shape index (κ2) is 5.85. The number of nitrogens with zero attached hydrogens (tertiary/aromatic N) is 1. The zero-order valence-electron chi connectivity index (χ0n) is 11.1. The highest BCUT2D eigenvalue weighted by atomic mass is 15.1. The molecule has 0 spiro atoms. The van der Waals surface area contributed by atoms with E-state index in [-0.39, 0.29) is 0 Å². The van der Waals surface area contributed by atoms with Crippen LogP contribution in [0, 0.1) is 0 Å². The van der Waals surface area contributed by atoms with E-state index in [0.717, 1.165) is 26.1 Å². The fourth-order valence-corrected chi connectivity index (χ4v) is 2.64. The second-order valence-corrected chi connectivity index (χ2v) is 5.08. The Labute approximate surface area is 115 Å². The SMILES string of the molecule is C1=C(c2ccccc2)CN(Cc2ccccc2)CC1. The summed E-state index contributed by atoms with van der Waals surface area (Å²) in [5.74, 6) is 0. The van der Waals surface area contributed by atoms with Crippen molar-refractivity contribution in [1.29, 1.82) is 0 Å². The van der Waals surface area contributed by atoms with Crippen molar-refractivity contribution in [3.63, 3.8) is 0 Å². The van der Waals surface area contributed by atoms with Crippen LogP contribution < -0.4 is 0 Å². The molecule has 19 heavy (non-hydrogen) atoms. The lowest BCUT2D eigenvalue weighted by atomic mass is 10.0. The Kier molecular flexibility index (Phi) is 3.75. The van der Waals surface area contributed by atoms with E-state index in [1.165, 1.54) is 16.7 Å². The highest BCUT2D eigenvalue weighted by Crippen LogP contribution is 2.21. The maximum absolute atomic E-state index is 2.53. The minimum atomic E-state index is 1.05. The summed E-state index contributed by atoms with van der Waals surface area (Å²) in [6.45, 7) is 3.26. The van der Waals surface area contributed by atoms with Crippen molar-refractivity contribution in [2.45, 2.75) is 13.0 Å². The van der Waals surface area contributed by atoms with Gasteiger partial charge in [0.1, 0.15) is 0 Å². The molecule has 1 aliphatic heterocycles. The van der Waals surface area contributed by atoms with Gasteiger partial charge in [0, 0.05) is 19.6 Å². The maximum Gasteiger partial charge on any atom is 0.0240 e. The number of hydrogen-bond donors (Lipinski definition) is 0. The monoisotopic (exact) mass is 249 g/mol. The van der Waals surface area contributed by atoms with Crippen molar-refractivity contribution in [2.24, 2.45) is 0 Å². The van der Waals surface area contributed by atoms with E-state index in [4.69, 9.17) is 0 Å². The number of hydrogen-bond acceptors (Lipinski definition) is 1. The molecule has 0 aliphatic carbocycles. The van der Waals surface area contributed by atoms with Crippen molar-refractivity contribution < 1.29 is 0 Å². The third-order valence-corrected chi connectivity index (χ3v) is 3.62. The first-order valence-electron chi connectivity index (χ1n) is 6.92. The number of rotatable bonds is 3. The summed E-state index contributed by atoms with van der Waals surface area (Å²) < 4.78 is 0. The average molecular weight is 249 g/mol. The maximum atomic E-state index is 2.53. The summed E-state index contributed by atoms with van der Waals surface area (Å²) in [4.78, 5) is 2.53. The van der Waals surface area contributed by atoms with Gasteiger partial charge in [0.25, 0.3) is 0 Å². The second-order valence-electron chi connectivity index (χ2n) is 5.08. The molecule has 2 aromatic carbocycles. The van der Waals surface area contributed by atoms with Crippen LogP contribution in [0.2, 0.25) is 0 Å². The van der Waals surface area contributed by atoms with Crippen LogP contribution in [0.4, 0.5) is 0 Å². The van der Waals surface area contributed by atoms with Crippen LogP contribution in [0.5, 0.6) is 0 Å². The van der Waals surface area contributed by atoms with Gasteiger partial charge < -0.3 is 0 Å². The minimum absolute atomic E-state index is 1.05. The largest absolute Gasteiger partial charge is 0.295 e. The molecule has 0 N–H and O–H groups in total. The fourth-order valence-electron chi connectivity index (χ4n) is 2.64. The molecule has 0 fully saturated rings. The first-order valence-corrected chi connectivity index (χ1v) is 6.92. The normalized spacial score (nSPS) is 16.1. The molecule has 1 heterocycles. The third kappa shape index (κ3) is 3.12. The summed E-state index contributed by atoms with van der Waals surface area (Å²) >= 11 is 0. The molecule has 1 heteroatoms. The fraction of sp³-hybridized carbons (Fsp3) is 0.222. The zero-order chi connectivity index (χ0) is 12.9. The standard InChI is InChI=1S/C18H19N/c1-3-8-16(9-4-1)14-19-13-7-12-18(15-19)17-10-5-2-6-11-17/h1-6,8-12H,7,13-15H2. The lowest BCUT2D eigenvalue weighted by Gasteiger charge is -2.27. The molecule has 0 radical (unpaired) electrons. The molecule has 96 valence electrons.